The zero-order valence-electron chi connectivity index (χ0n) is 11.1. The van der Waals surface area contributed by atoms with E-state index in [0.29, 0.717) is 17.6 Å². The van der Waals surface area contributed by atoms with Crippen LogP contribution in [-0.2, 0) is 18.4 Å². The van der Waals surface area contributed by atoms with Crippen LogP contribution in [0.1, 0.15) is 19.8 Å². The molecule has 2 heterocycles. The summed E-state index contributed by atoms with van der Waals surface area (Å²) in [7, 11) is 1.72. The third-order valence-electron chi connectivity index (χ3n) is 2.88. The molecule has 0 saturated heterocycles. The molecule has 0 aliphatic heterocycles. The van der Waals surface area contributed by atoms with Gasteiger partial charge in [-0.15, -0.1) is 0 Å². The van der Waals surface area contributed by atoms with Gasteiger partial charge in [-0.2, -0.15) is 5.10 Å². The van der Waals surface area contributed by atoms with Gasteiger partial charge in [0.05, 0.1) is 6.20 Å². The van der Waals surface area contributed by atoms with Gasteiger partial charge < -0.3 is 5.32 Å². The molecule has 2 rings (SSSR count). The lowest BCUT2D eigenvalue weighted by Crippen LogP contribution is -2.32. The summed E-state index contributed by atoms with van der Waals surface area (Å²) in [6.07, 6.45) is 4.80. The number of carbonyl (C=O) groups is 1. The first kappa shape index (κ1) is 13.3. The summed E-state index contributed by atoms with van der Waals surface area (Å²) >= 11 is 0. The number of aromatic nitrogens is 4. The number of fused-ring (bicyclic) bond motifs is 1. The number of unbranched alkanes of at least 4 members (excludes halogenated alkanes) is 1. The highest BCUT2D eigenvalue weighted by atomic mass is 16.2. The molecule has 0 atom stereocenters. The van der Waals surface area contributed by atoms with Crippen molar-refractivity contribution < 1.29 is 4.79 Å². The first-order valence-corrected chi connectivity index (χ1v) is 6.27. The van der Waals surface area contributed by atoms with Crippen molar-refractivity contribution in [2.24, 2.45) is 7.05 Å². The van der Waals surface area contributed by atoms with E-state index >= 15 is 0 Å². The van der Waals surface area contributed by atoms with E-state index in [-0.39, 0.29) is 18.0 Å². The van der Waals surface area contributed by atoms with Crippen molar-refractivity contribution >= 4 is 16.9 Å². The monoisotopic (exact) mass is 263 g/mol. The van der Waals surface area contributed by atoms with E-state index in [4.69, 9.17) is 0 Å². The largest absolute Gasteiger partial charge is 0.355 e. The molecular formula is C12H17N5O2. The zero-order chi connectivity index (χ0) is 13.8. The molecule has 0 fully saturated rings. The highest BCUT2D eigenvalue weighted by Crippen LogP contribution is 2.02. The van der Waals surface area contributed by atoms with Gasteiger partial charge in [0, 0.05) is 13.6 Å². The van der Waals surface area contributed by atoms with Gasteiger partial charge >= 0.3 is 0 Å². The second-order valence-electron chi connectivity index (χ2n) is 4.39. The predicted molar refractivity (Wildman–Crippen MR) is 70.7 cm³/mol. The van der Waals surface area contributed by atoms with Gasteiger partial charge in [0.1, 0.15) is 18.3 Å². The Kier molecular flexibility index (Phi) is 3.94. The summed E-state index contributed by atoms with van der Waals surface area (Å²) in [5, 5.41) is 7.17. The average molecular weight is 263 g/mol. The Morgan fingerprint density at radius 2 is 2.26 bits per heavy atom. The Bertz CT molecular complexity index is 643. The molecule has 0 bridgehead atoms. The number of nitrogens with zero attached hydrogens (tertiary/aromatic N) is 4. The normalized spacial score (nSPS) is 10.8. The molecule has 0 aliphatic rings. The van der Waals surface area contributed by atoms with Crippen LogP contribution in [0.25, 0.3) is 11.0 Å². The maximum absolute atomic E-state index is 12.1. The lowest BCUT2D eigenvalue weighted by atomic mass is 10.3. The molecule has 1 N–H and O–H groups in total. The zero-order valence-corrected chi connectivity index (χ0v) is 11.1. The van der Waals surface area contributed by atoms with Gasteiger partial charge in [0.15, 0.2) is 5.65 Å². The molecule has 0 aromatic carbocycles. The second-order valence-corrected chi connectivity index (χ2v) is 4.39. The van der Waals surface area contributed by atoms with Gasteiger partial charge in [-0.3, -0.25) is 18.8 Å². The van der Waals surface area contributed by atoms with E-state index in [1.54, 1.807) is 7.05 Å². The van der Waals surface area contributed by atoms with E-state index < -0.39 is 0 Å². The number of carbonyl (C=O) groups excluding carboxylic acids is 1. The van der Waals surface area contributed by atoms with Crippen LogP contribution in [-0.4, -0.2) is 31.8 Å². The van der Waals surface area contributed by atoms with Crippen LogP contribution in [0.15, 0.2) is 17.3 Å². The molecule has 7 heteroatoms. The molecule has 0 unspecified atom stereocenters. The Balaban J connectivity index is 2.15. The summed E-state index contributed by atoms with van der Waals surface area (Å²) in [5.41, 5.74) is 0.274. The molecule has 0 aliphatic carbocycles. The minimum atomic E-state index is -0.247. The van der Waals surface area contributed by atoms with Crippen LogP contribution in [0.5, 0.6) is 0 Å². The number of hydrogen-bond acceptors (Lipinski definition) is 4. The SMILES string of the molecule is CCCCNC(=O)Cn1cnc2c(cnn2C)c1=O. The first-order valence-electron chi connectivity index (χ1n) is 6.27. The Labute approximate surface area is 110 Å². The van der Waals surface area contributed by atoms with E-state index in [1.165, 1.54) is 21.8 Å². The van der Waals surface area contributed by atoms with Gasteiger partial charge in [0.25, 0.3) is 5.56 Å². The van der Waals surface area contributed by atoms with Crippen molar-refractivity contribution in [1.29, 1.82) is 0 Å². The van der Waals surface area contributed by atoms with E-state index in [1.807, 2.05) is 0 Å². The number of aryl methyl sites for hydroxylation is 1. The number of amides is 1. The first-order chi connectivity index (χ1) is 9.13. The topological polar surface area (TPSA) is 81.8 Å². The van der Waals surface area contributed by atoms with Crippen molar-refractivity contribution in [1.82, 2.24) is 24.6 Å². The van der Waals surface area contributed by atoms with Crippen LogP contribution in [0.3, 0.4) is 0 Å². The van der Waals surface area contributed by atoms with E-state index in [0.717, 1.165) is 12.8 Å². The molecule has 0 saturated carbocycles. The molecule has 1 amide bonds. The van der Waals surface area contributed by atoms with Crippen LogP contribution in [0.2, 0.25) is 0 Å². The Hall–Kier alpha value is -2.18. The van der Waals surface area contributed by atoms with Crippen LogP contribution in [0, 0.1) is 0 Å². The van der Waals surface area contributed by atoms with Crippen molar-refractivity contribution in [3.8, 4) is 0 Å². The highest BCUT2D eigenvalue weighted by Gasteiger charge is 2.10. The summed E-state index contributed by atoms with van der Waals surface area (Å²) in [4.78, 5) is 27.9. The summed E-state index contributed by atoms with van der Waals surface area (Å²) in [5.74, 6) is -0.180. The van der Waals surface area contributed by atoms with Gasteiger partial charge in [-0.05, 0) is 6.42 Å². The van der Waals surface area contributed by atoms with Crippen molar-refractivity contribution in [3.63, 3.8) is 0 Å². The van der Waals surface area contributed by atoms with Gasteiger partial charge in [-0.25, -0.2) is 4.98 Å². The lowest BCUT2D eigenvalue weighted by Gasteiger charge is -2.06. The fourth-order valence-electron chi connectivity index (χ4n) is 1.79. The average Bonchev–Trinajstić information content (AvgIpc) is 2.76. The molecular weight excluding hydrogens is 246 g/mol. The lowest BCUT2D eigenvalue weighted by molar-refractivity contribution is -0.121. The third kappa shape index (κ3) is 2.81. The van der Waals surface area contributed by atoms with Crippen molar-refractivity contribution in [3.05, 3.63) is 22.9 Å². The summed E-state index contributed by atoms with van der Waals surface area (Å²) in [6, 6.07) is 0. The predicted octanol–water partition coefficient (Wildman–Crippen LogP) is 0.0463. The summed E-state index contributed by atoms with van der Waals surface area (Å²) < 4.78 is 2.83. The number of rotatable bonds is 5. The molecule has 2 aromatic rings. The third-order valence-corrected chi connectivity index (χ3v) is 2.88. The molecule has 7 nitrogen and oxygen atoms in total. The number of hydrogen-bond donors (Lipinski definition) is 1. The maximum atomic E-state index is 12.1. The molecule has 2 aromatic heterocycles. The van der Waals surface area contributed by atoms with E-state index in [9.17, 15) is 9.59 Å². The van der Waals surface area contributed by atoms with Crippen LogP contribution >= 0.6 is 0 Å². The minimum Gasteiger partial charge on any atom is -0.355 e. The molecule has 19 heavy (non-hydrogen) atoms. The Morgan fingerprint density at radius 3 is 3.00 bits per heavy atom. The molecule has 0 spiro atoms. The van der Waals surface area contributed by atoms with Crippen molar-refractivity contribution in [2.75, 3.05) is 6.54 Å². The maximum Gasteiger partial charge on any atom is 0.264 e. The highest BCUT2D eigenvalue weighted by molar-refractivity contribution is 5.77. The molecule has 102 valence electrons. The smallest absolute Gasteiger partial charge is 0.264 e. The molecule has 0 radical (unpaired) electrons. The fourth-order valence-corrected chi connectivity index (χ4v) is 1.79. The van der Waals surface area contributed by atoms with Gasteiger partial charge in [0.2, 0.25) is 5.91 Å². The Morgan fingerprint density at radius 1 is 1.47 bits per heavy atom. The summed E-state index contributed by atoms with van der Waals surface area (Å²) in [6.45, 7) is 2.67. The quantitative estimate of drug-likeness (QED) is 0.773. The second kappa shape index (κ2) is 5.64. The van der Waals surface area contributed by atoms with Gasteiger partial charge in [-0.1, -0.05) is 13.3 Å². The van der Waals surface area contributed by atoms with Crippen molar-refractivity contribution in [2.45, 2.75) is 26.3 Å². The standard InChI is InChI=1S/C12H17N5O2/c1-3-4-5-13-10(18)7-17-8-14-11-9(12(17)19)6-15-16(11)2/h6,8H,3-5,7H2,1-2H3,(H,13,18). The fraction of sp³-hybridized carbons (Fsp3) is 0.500. The van der Waals surface area contributed by atoms with Crippen LogP contribution < -0.4 is 10.9 Å². The van der Waals surface area contributed by atoms with Crippen LogP contribution in [0.4, 0.5) is 0 Å². The van der Waals surface area contributed by atoms with E-state index in [2.05, 4.69) is 22.3 Å². The minimum absolute atomic E-state index is 0.0135. The number of nitrogens with one attached hydrogen (secondary N) is 1.